The normalized spacial score (nSPS) is 10.3. The maximum Gasteiger partial charge on any atom is 0.152 e. The standard InChI is InChI=1S/C14H16BrN5/c1-3-6-20-14(13(17)9(2)19-20)18-12-5-4-10(8-16)7-11(12)15/h4-5,7,18H,3,6,17H2,1-2H3. The molecule has 1 heterocycles. The van der Waals surface area contributed by atoms with E-state index in [0.29, 0.717) is 11.3 Å². The number of aromatic nitrogens is 2. The second kappa shape index (κ2) is 5.97. The van der Waals surface area contributed by atoms with Gasteiger partial charge in [0.1, 0.15) is 0 Å². The molecule has 0 radical (unpaired) electrons. The summed E-state index contributed by atoms with van der Waals surface area (Å²) in [5, 5.41) is 16.6. The molecule has 6 heteroatoms. The summed E-state index contributed by atoms with van der Waals surface area (Å²) >= 11 is 3.46. The van der Waals surface area contributed by atoms with Crippen molar-refractivity contribution in [2.45, 2.75) is 26.8 Å². The van der Waals surface area contributed by atoms with Crippen LogP contribution in [-0.4, -0.2) is 9.78 Å². The van der Waals surface area contributed by atoms with Crippen LogP contribution in [-0.2, 0) is 6.54 Å². The molecule has 0 saturated carbocycles. The number of nitrogens with two attached hydrogens (primary N) is 1. The molecule has 2 rings (SSSR count). The second-order valence-electron chi connectivity index (χ2n) is 4.50. The van der Waals surface area contributed by atoms with Gasteiger partial charge in [-0.15, -0.1) is 0 Å². The van der Waals surface area contributed by atoms with E-state index >= 15 is 0 Å². The maximum absolute atomic E-state index is 8.88. The molecule has 1 aromatic heterocycles. The summed E-state index contributed by atoms with van der Waals surface area (Å²) in [7, 11) is 0. The minimum atomic E-state index is 0.605. The van der Waals surface area contributed by atoms with Crippen LogP contribution in [0.3, 0.4) is 0 Å². The molecule has 0 fully saturated rings. The molecule has 0 atom stereocenters. The van der Waals surface area contributed by atoms with Crippen molar-refractivity contribution in [2.75, 3.05) is 11.1 Å². The molecule has 0 bridgehead atoms. The highest BCUT2D eigenvalue weighted by molar-refractivity contribution is 9.10. The van der Waals surface area contributed by atoms with Gasteiger partial charge in [-0.25, -0.2) is 4.68 Å². The molecule has 20 heavy (non-hydrogen) atoms. The number of aryl methyl sites for hydroxylation is 2. The molecule has 1 aromatic carbocycles. The quantitative estimate of drug-likeness (QED) is 0.896. The van der Waals surface area contributed by atoms with Gasteiger partial charge in [0.15, 0.2) is 5.82 Å². The van der Waals surface area contributed by atoms with Crippen molar-refractivity contribution in [2.24, 2.45) is 0 Å². The lowest BCUT2D eigenvalue weighted by Gasteiger charge is -2.11. The van der Waals surface area contributed by atoms with Gasteiger partial charge in [0, 0.05) is 11.0 Å². The van der Waals surface area contributed by atoms with Crippen molar-refractivity contribution in [1.29, 1.82) is 5.26 Å². The fourth-order valence-electron chi connectivity index (χ4n) is 1.91. The molecule has 0 aliphatic carbocycles. The van der Waals surface area contributed by atoms with Crippen LogP contribution in [0.1, 0.15) is 24.6 Å². The number of rotatable bonds is 4. The zero-order chi connectivity index (χ0) is 14.7. The molecular formula is C14H16BrN5. The van der Waals surface area contributed by atoms with Gasteiger partial charge in [-0.1, -0.05) is 6.92 Å². The van der Waals surface area contributed by atoms with Crippen LogP contribution in [0.5, 0.6) is 0 Å². The highest BCUT2D eigenvalue weighted by atomic mass is 79.9. The highest BCUT2D eigenvalue weighted by Gasteiger charge is 2.13. The van der Waals surface area contributed by atoms with E-state index < -0.39 is 0 Å². The Bertz CT molecular complexity index is 669. The van der Waals surface area contributed by atoms with Crippen molar-refractivity contribution in [3.63, 3.8) is 0 Å². The molecule has 0 unspecified atom stereocenters. The SMILES string of the molecule is CCCn1nc(C)c(N)c1Nc1ccc(C#N)cc1Br. The number of halogens is 1. The van der Waals surface area contributed by atoms with E-state index in [4.69, 9.17) is 11.0 Å². The Morgan fingerprint density at radius 3 is 2.85 bits per heavy atom. The minimum absolute atomic E-state index is 0.605. The fraction of sp³-hybridized carbons (Fsp3) is 0.286. The van der Waals surface area contributed by atoms with Crippen molar-refractivity contribution >= 4 is 33.1 Å². The van der Waals surface area contributed by atoms with E-state index in [2.05, 4.69) is 39.3 Å². The van der Waals surface area contributed by atoms with Crippen LogP contribution < -0.4 is 11.1 Å². The summed E-state index contributed by atoms with van der Waals surface area (Å²) < 4.78 is 2.69. The van der Waals surface area contributed by atoms with Crippen LogP contribution in [0, 0.1) is 18.3 Å². The Labute approximate surface area is 126 Å². The van der Waals surface area contributed by atoms with E-state index in [1.807, 2.05) is 17.7 Å². The summed E-state index contributed by atoms with van der Waals surface area (Å²) in [5.74, 6) is 0.787. The van der Waals surface area contributed by atoms with Crippen molar-refractivity contribution in [3.8, 4) is 6.07 Å². The predicted octanol–water partition coefficient (Wildman–Crippen LogP) is 3.56. The number of nitrogen functional groups attached to an aromatic ring is 1. The number of benzene rings is 1. The summed E-state index contributed by atoms with van der Waals surface area (Å²) in [6, 6.07) is 7.48. The van der Waals surface area contributed by atoms with Crippen LogP contribution >= 0.6 is 15.9 Å². The Morgan fingerprint density at radius 2 is 2.25 bits per heavy atom. The highest BCUT2D eigenvalue weighted by Crippen LogP contribution is 2.31. The van der Waals surface area contributed by atoms with E-state index in [1.54, 1.807) is 12.1 Å². The average Bonchev–Trinajstić information content (AvgIpc) is 2.69. The van der Waals surface area contributed by atoms with E-state index in [9.17, 15) is 0 Å². The lowest BCUT2D eigenvalue weighted by molar-refractivity contribution is 0.605. The summed E-state index contributed by atoms with van der Waals surface area (Å²) in [6.07, 6.45) is 0.976. The van der Waals surface area contributed by atoms with Crippen molar-refractivity contribution in [1.82, 2.24) is 9.78 Å². The third-order valence-corrected chi connectivity index (χ3v) is 3.62. The van der Waals surface area contributed by atoms with Crippen molar-refractivity contribution in [3.05, 3.63) is 33.9 Å². The van der Waals surface area contributed by atoms with Crippen LogP contribution in [0.15, 0.2) is 22.7 Å². The Kier molecular flexibility index (Phi) is 4.30. The number of nitriles is 1. The Morgan fingerprint density at radius 1 is 1.50 bits per heavy atom. The molecule has 0 saturated heterocycles. The molecule has 2 aromatic rings. The molecule has 0 aliphatic heterocycles. The predicted molar refractivity (Wildman–Crippen MR) is 83.8 cm³/mol. The summed E-state index contributed by atoms with van der Waals surface area (Å²) in [4.78, 5) is 0. The van der Waals surface area contributed by atoms with Gasteiger partial charge in [0.25, 0.3) is 0 Å². The maximum atomic E-state index is 8.88. The van der Waals surface area contributed by atoms with Crippen LogP contribution in [0.4, 0.5) is 17.2 Å². The third kappa shape index (κ3) is 2.78. The molecule has 0 amide bonds. The molecule has 104 valence electrons. The number of hydrogen-bond donors (Lipinski definition) is 2. The first kappa shape index (κ1) is 14.4. The van der Waals surface area contributed by atoms with E-state index in [1.165, 1.54) is 0 Å². The van der Waals surface area contributed by atoms with Crippen LogP contribution in [0.2, 0.25) is 0 Å². The zero-order valence-electron chi connectivity index (χ0n) is 11.4. The topological polar surface area (TPSA) is 79.7 Å². The first-order chi connectivity index (χ1) is 9.56. The van der Waals surface area contributed by atoms with Gasteiger partial charge in [-0.2, -0.15) is 10.4 Å². The first-order valence-corrected chi connectivity index (χ1v) is 7.15. The number of anilines is 3. The van der Waals surface area contributed by atoms with E-state index in [-0.39, 0.29) is 0 Å². The monoisotopic (exact) mass is 333 g/mol. The fourth-order valence-corrected chi connectivity index (χ4v) is 2.39. The molecule has 5 nitrogen and oxygen atoms in total. The average molecular weight is 334 g/mol. The number of nitrogens with one attached hydrogen (secondary N) is 1. The lowest BCUT2D eigenvalue weighted by Crippen LogP contribution is -2.06. The van der Waals surface area contributed by atoms with E-state index in [0.717, 1.165) is 34.6 Å². The Balaban J connectivity index is 2.37. The largest absolute Gasteiger partial charge is 0.394 e. The van der Waals surface area contributed by atoms with Crippen molar-refractivity contribution < 1.29 is 0 Å². The van der Waals surface area contributed by atoms with Gasteiger partial charge in [0.2, 0.25) is 0 Å². The van der Waals surface area contributed by atoms with Gasteiger partial charge in [-0.3, -0.25) is 0 Å². The molecule has 0 aliphatic rings. The second-order valence-corrected chi connectivity index (χ2v) is 5.36. The van der Waals surface area contributed by atoms with Gasteiger partial charge < -0.3 is 11.1 Å². The molecule has 3 N–H and O–H groups in total. The lowest BCUT2D eigenvalue weighted by atomic mass is 10.2. The van der Waals surface area contributed by atoms with Gasteiger partial charge >= 0.3 is 0 Å². The zero-order valence-corrected chi connectivity index (χ0v) is 13.0. The minimum Gasteiger partial charge on any atom is -0.394 e. The third-order valence-electron chi connectivity index (χ3n) is 2.96. The number of hydrogen-bond acceptors (Lipinski definition) is 4. The first-order valence-electron chi connectivity index (χ1n) is 6.36. The number of nitrogens with zero attached hydrogens (tertiary/aromatic N) is 3. The summed E-state index contributed by atoms with van der Waals surface area (Å²) in [6.45, 7) is 4.78. The summed E-state index contributed by atoms with van der Waals surface area (Å²) in [5.41, 5.74) is 8.99. The molecule has 0 spiro atoms. The van der Waals surface area contributed by atoms with Crippen LogP contribution in [0.25, 0.3) is 0 Å². The van der Waals surface area contributed by atoms with Gasteiger partial charge in [-0.05, 0) is 47.5 Å². The Hall–Kier alpha value is -2.00. The molecular weight excluding hydrogens is 318 g/mol. The van der Waals surface area contributed by atoms with Gasteiger partial charge in [0.05, 0.1) is 28.7 Å². The smallest absolute Gasteiger partial charge is 0.152 e.